The highest BCUT2D eigenvalue weighted by molar-refractivity contribution is 8.01. The van der Waals surface area contributed by atoms with Crippen LogP contribution in [-0.4, -0.2) is 28.8 Å². The van der Waals surface area contributed by atoms with Crippen LogP contribution in [0.4, 0.5) is 11.4 Å². The molecule has 4 rings (SSSR count). The number of non-ortho nitro benzene ring substituents is 1. The van der Waals surface area contributed by atoms with Gasteiger partial charge in [-0.2, -0.15) is 0 Å². The standard InChI is InChI=1S/C19H16N2O7S/c22-17(7-16-19(23)20-14-3-1-2-4-15(14)29-16)27-9-12-6-13(21(24)25)5-11-8-26-10-28-18(11)12/h1-6,16H,7-10H2,(H,20,23)/t16-/m0/s1. The third-order valence-electron chi connectivity index (χ3n) is 4.43. The number of carbonyl (C=O) groups excluding carboxylic acids is 2. The van der Waals surface area contributed by atoms with Gasteiger partial charge in [-0.15, -0.1) is 11.8 Å². The lowest BCUT2D eigenvalue weighted by atomic mass is 10.1. The lowest BCUT2D eigenvalue weighted by Crippen LogP contribution is -2.31. The number of nitrogens with zero attached hydrogens (tertiary/aromatic N) is 1. The number of ether oxygens (including phenoxy) is 3. The number of anilines is 1. The Bertz CT molecular complexity index is 995. The second-order valence-electron chi connectivity index (χ2n) is 6.42. The number of nitro benzene ring substituents is 1. The van der Waals surface area contributed by atoms with E-state index in [0.29, 0.717) is 16.9 Å². The predicted octanol–water partition coefficient (Wildman–Crippen LogP) is 3.01. The number of nitro groups is 1. The molecule has 150 valence electrons. The van der Waals surface area contributed by atoms with Gasteiger partial charge in [-0.05, 0) is 12.1 Å². The number of amides is 1. The number of fused-ring (bicyclic) bond motifs is 2. The molecule has 0 radical (unpaired) electrons. The molecule has 0 saturated carbocycles. The zero-order valence-corrected chi connectivity index (χ0v) is 15.9. The van der Waals surface area contributed by atoms with Gasteiger partial charge in [0.25, 0.3) is 5.69 Å². The van der Waals surface area contributed by atoms with Crippen LogP contribution in [0.2, 0.25) is 0 Å². The molecular weight excluding hydrogens is 400 g/mol. The topological polar surface area (TPSA) is 117 Å². The van der Waals surface area contributed by atoms with Crippen LogP contribution >= 0.6 is 11.8 Å². The van der Waals surface area contributed by atoms with Crippen molar-refractivity contribution >= 4 is 35.0 Å². The number of rotatable bonds is 5. The van der Waals surface area contributed by atoms with Crippen molar-refractivity contribution in [1.29, 1.82) is 0 Å². The fourth-order valence-corrected chi connectivity index (χ4v) is 4.18. The largest absolute Gasteiger partial charge is 0.467 e. The molecule has 2 heterocycles. The van der Waals surface area contributed by atoms with Gasteiger partial charge in [-0.1, -0.05) is 12.1 Å². The van der Waals surface area contributed by atoms with Gasteiger partial charge in [0.15, 0.2) is 6.79 Å². The van der Waals surface area contributed by atoms with E-state index in [4.69, 9.17) is 14.2 Å². The third-order valence-corrected chi connectivity index (χ3v) is 5.71. The van der Waals surface area contributed by atoms with Crippen molar-refractivity contribution in [2.75, 3.05) is 12.1 Å². The van der Waals surface area contributed by atoms with Crippen LogP contribution in [0.3, 0.4) is 0 Å². The van der Waals surface area contributed by atoms with Crippen molar-refractivity contribution < 1.29 is 28.7 Å². The van der Waals surface area contributed by atoms with Gasteiger partial charge in [-0.3, -0.25) is 19.7 Å². The van der Waals surface area contributed by atoms with Crippen molar-refractivity contribution in [3.63, 3.8) is 0 Å². The highest BCUT2D eigenvalue weighted by atomic mass is 32.2. The monoisotopic (exact) mass is 416 g/mol. The Balaban J connectivity index is 1.43. The zero-order chi connectivity index (χ0) is 20.4. The Labute approximate surface area is 169 Å². The first kappa shape index (κ1) is 19.2. The highest BCUT2D eigenvalue weighted by Crippen LogP contribution is 2.37. The molecule has 0 unspecified atom stereocenters. The van der Waals surface area contributed by atoms with Crippen LogP contribution in [0.15, 0.2) is 41.3 Å². The van der Waals surface area contributed by atoms with E-state index in [2.05, 4.69) is 5.32 Å². The number of hydrogen-bond acceptors (Lipinski definition) is 8. The van der Waals surface area contributed by atoms with Gasteiger partial charge in [0.2, 0.25) is 5.91 Å². The first-order valence-electron chi connectivity index (χ1n) is 8.74. The van der Waals surface area contributed by atoms with Crippen LogP contribution in [0.1, 0.15) is 17.5 Å². The predicted molar refractivity (Wildman–Crippen MR) is 103 cm³/mol. The number of hydrogen-bond donors (Lipinski definition) is 1. The van der Waals surface area contributed by atoms with Crippen molar-refractivity contribution in [2.24, 2.45) is 0 Å². The smallest absolute Gasteiger partial charge is 0.307 e. The van der Waals surface area contributed by atoms with Gasteiger partial charge >= 0.3 is 5.97 Å². The molecule has 2 aliphatic heterocycles. The minimum Gasteiger partial charge on any atom is -0.467 e. The summed E-state index contributed by atoms with van der Waals surface area (Å²) < 4.78 is 15.9. The molecular formula is C19H16N2O7S. The molecule has 0 spiro atoms. The van der Waals surface area contributed by atoms with E-state index in [0.717, 1.165) is 10.6 Å². The van der Waals surface area contributed by atoms with Gasteiger partial charge in [-0.25, -0.2) is 0 Å². The molecule has 9 nitrogen and oxygen atoms in total. The molecule has 2 aromatic carbocycles. The average molecular weight is 416 g/mol. The summed E-state index contributed by atoms with van der Waals surface area (Å²) >= 11 is 1.30. The Kier molecular flexibility index (Phi) is 5.36. The molecule has 2 aliphatic rings. The highest BCUT2D eigenvalue weighted by Gasteiger charge is 2.30. The van der Waals surface area contributed by atoms with Crippen LogP contribution in [0.5, 0.6) is 5.75 Å². The number of thioether (sulfide) groups is 1. The zero-order valence-electron chi connectivity index (χ0n) is 15.1. The fraction of sp³-hybridized carbons (Fsp3) is 0.263. The number of carbonyl (C=O) groups is 2. The normalized spacial score (nSPS) is 17.4. The molecule has 1 amide bonds. The van der Waals surface area contributed by atoms with E-state index >= 15 is 0 Å². The summed E-state index contributed by atoms with van der Waals surface area (Å²) in [6.45, 7) is -0.00124. The SMILES string of the molecule is O=C(C[C@@H]1Sc2ccccc2NC1=O)OCc1cc([N+](=O)[O-])cc2c1OCOC2. The average Bonchev–Trinajstić information content (AvgIpc) is 2.72. The molecule has 29 heavy (non-hydrogen) atoms. The first-order chi connectivity index (χ1) is 14.0. The number of nitrogens with one attached hydrogen (secondary N) is 1. The van der Waals surface area contributed by atoms with Crippen molar-refractivity contribution in [1.82, 2.24) is 0 Å². The third kappa shape index (κ3) is 4.17. The first-order valence-corrected chi connectivity index (χ1v) is 9.62. The number of esters is 1. The van der Waals surface area contributed by atoms with Crippen LogP contribution < -0.4 is 10.1 Å². The van der Waals surface area contributed by atoms with E-state index in [1.54, 1.807) is 6.07 Å². The molecule has 0 aromatic heterocycles. The maximum atomic E-state index is 12.3. The fourth-order valence-electron chi connectivity index (χ4n) is 3.09. The lowest BCUT2D eigenvalue weighted by molar-refractivity contribution is -0.385. The van der Waals surface area contributed by atoms with Crippen molar-refractivity contribution in [2.45, 2.75) is 29.8 Å². The maximum absolute atomic E-state index is 12.3. The summed E-state index contributed by atoms with van der Waals surface area (Å²) in [5.41, 5.74) is 1.49. The van der Waals surface area contributed by atoms with E-state index in [-0.39, 0.29) is 38.0 Å². The second-order valence-corrected chi connectivity index (χ2v) is 7.66. The molecule has 1 N–H and O–H groups in total. The summed E-state index contributed by atoms with van der Waals surface area (Å²) in [4.78, 5) is 36.0. The van der Waals surface area contributed by atoms with Crippen LogP contribution in [0.25, 0.3) is 0 Å². The summed E-state index contributed by atoms with van der Waals surface area (Å²) in [6.07, 6.45) is -0.119. The summed E-state index contributed by atoms with van der Waals surface area (Å²) in [6, 6.07) is 10.0. The van der Waals surface area contributed by atoms with Gasteiger partial charge in [0.05, 0.1) is 28.9 Å². The molecule has 0 aliphatic carbocycles. The van der Waals surface area contributed by atoms with E-state index < -0.39 is 16.1 Å². The van der Waals surface area contributed by atoms with E-state index in [9.17, 15) is 19.7 Å². The van der Waals surface area contributed by atoms with E-state index in [1.807, 2.05) is 18.2 Å². The van der Waals surface area contributed by atoms with E-state index in [1.165, 1.54) is 23.9 Å². The number of para-hydroxylation sites is 1. The Morgan fingerprint density at radius 3 is 3.00 bits per heavy atom. The Morgan fingerprint density at radius 1 is 1.34 bits per heavy atom. The van der Waals surface area contributed by atoms with Crippen molar-refractivity contribution in [3.8, 4) is 5.75 Å². The second kappa shape index (κ2) is 8.10. The Morgan fingerprint density at radius 2 is 2.17 bits per heavy atom. The molecule has 0 saturated heterocycles. The molecule has 10 heteroatoms. The van der Waals surface area contributed by atoms with Gasteiger partial charge in [0.1, 0.15) is 12.4 Å². The summed E-state index contributed by atoms with van der Waals surface area (Å²) in [5.74, 6) is -0.420. The minimum atomic E-state index is -0.610. The van der Waals surface area contributed by atoms with Gasteiger partial charge in [0, 0.05) is 28.2 Å². The van der Waals surface area contributed by atoms with Crippen molar-refractivity contribution in [3.05, 3.63) is 57.6 Å². The summed E-state index contributed by atoms with van der Waals surface area (Å²) in [7, 11) is 0. The minimum absolute atomic E-state index is 0.0179. The number of benzene rings is 2. The van der Waals surface area contributed by atoms with Crippen LogP contribution in [-0.2, 0) is 32.3 Å². The molecule has 1 atom stereocenters. The Hall–Kier alpha value is -3.11. The van der Waals surface area contributed by atoms with Crippen LogP contribution in [0, 0.1) is 10.1 Å². The molecule has 0 fully saturated rings. The lowest BCUT2D eigenvalue weighted by Gasteiger charge is -2.23. The quantitative estimate of drug-likeness (QED) is 0.449. The van der Waals surface area contributed by atoms with Gasteiger partial charge < -0.3 is 19.5 Å². The maximum Gasteiger partial charge on any atom is 0.307 e. The molecule has 2 aromatic rings. The molecule has 0 bridgehead atoms. The summed E-state index contributed by atoms with van der Waals surface area (Å²) in [5, 5.41) is 13.3.